The lowest BCUT2D eigenvalue weighted by molar-refractivity contribution is -0.142. The van der Waals surface area contributed by atoms with Crippen LogP contribution < -0.4 is 0 Å². The topological polar surface area (TPSA) is 38.8 Å². The molecule has 19 heavy (non-hydrogen) atoms. The van der Waals surface area contributed by atoms with E-state index in [9.17, 15) is 4.79 Å². The number of methoxy groups -OCH3 is 1. The van der Waals surface area contributed by atoms with Gasteiger partial charge in [0.15, 0.2) is 6.10 Å². The van der Waals surface area contributed by atoms with E-state index in [2.05, 4.69) is 37.7 Å². The Balaban J connectivity index is 2.27. The van der Waals surface area contributed by atoms with Gasteiger partial charge in [-0.25, -0.2) is 4.79 Å². The summed E-state index contributed by atoms with van der Waals surface area (Å²) in [6.45, 7) is 8.38. The van der Waals surface area contributed by atoms with Gasteiger partial charge < -0.3 is 9.47 Å². The normalized spacial score (nSPS) is 25.9. The number of allylic oxidation sites excluding steroid dienone is 4. The molecular formula is C16H26O3. The molecule has 108 valence electrons. The van der Waals surface area contributed by atoms with E-state index in [0.29, 0.717) is 0 Å². The highest BCUT2D eigenvalue weighted by molar-refractivity contribution is 5.79. The molecule has 3 heteroatoms. The smallest absolute Gasteiger partial charge is 0.338 e. The van der Waals surface area contributed by atoms with Crippen molar-refractivity contribution in [3.8, 4) is 0 Å². The summed E-state index contributed by atoms with van der Waals surface area (Å²) < 4.78 is 10.1. The van der Waals surface area contributed by atoms with Gasteiger partial charge in [0.2, 0.25) is 0 Å². The molecule has 0 saturated carbocycles. The Labute approximate surface area is 116 Å². The number of rotatable bonds is 7. The van der Waals surface area contributed by atoms with Crippen molar-refractivity contribution >= 4 is 5.97 Å². The van der Waals surface area contributed by atoms with Crippen molar-refractivity contribution in [2.45, 2.75) is 65.1 Å². The summed E-state index contributed by atoms with van der Waals surface area (Å²) in [7, 11) is 1.40. The van der Waals surface area contributed by atoms with Crippen LogP contribution in [0.1, 0.15) is 53.4 Å². The van der Waals surface area contributed by atoms with Gasteiger partial charge in [-0.1, -0.05) is 23.3 Å². The first kappa shape index (κ1) is 16.0. The van der Waals surface area contributed by atoms with Gasteiger partial charge in [0, 0.05) is 0 Å². The van der Waals surface area contributed by atoms with Gasteiger partial charge in [-0.15, -0.1) is 0 Å². The van der Waals surface area contributed by atoms with E-state index in [1.54, 1.807) is 0 Å². The zero-order valence-electron chi connectivity index (χ0n) is 12.8. The Hall–Kier alpha value is -1.09. The van der Waals surface area contributed by atoms with Crippen molar-refractivity contribution in [1.82, 2.24) is 0 Å². The standard InChI is InChI=1S/C16H26O3/c1-12(2)8-6-9-13(3)10-7-11-16(4)14(19-16)15(17)18-5/h8,10,14H,6-7,9,11H2,1-5H3. The van der Waals surface area contributed by atoms with E-state index in [1.165, 1.54) is 18.3 Å². The van der Waals surface area contributed by atoms with Crippen molar-refractivity contribution in [1.29, 1.82) is 0 Å². The third kappa shape index (κ3) is 5.19. The largest absolute Gasteiger partial charge is 0.467 e. The van der Waals surface area contributed by atoms with Crippen LogP contribution in [0.15, 0.2) is 23.3 Å². The fourth-order valence-electron chi connectivity index (χ4n) is 2.13. The Bertz CT molecular complexity index is 377. The number of hydrogen-bond donors (Lipinski definition) is 0. The first-order valence-electron chi connectivity index (χ1n) is 6.93. The summed E-state index contributed by atoms with van der Waals surface area (Å²) in [6, 6.07) is 0. The van der Waals surface area contributed by atoms with Crippen molar-refractivity contribution in [3.05, 3.63) is 23.3 Å². The lowest BCUT2D eigenvalue weighted by atomic mass is 10.00. The molecule has 1 saturated heterocycles. The molecule has 0 N–H and O–H groups in total. The molecule has 0 bridgehead atoms. The number of hydrogen-bond acceptors (Lipinski definition) is 3. The van der Waals surface area contributed by atoms with Gasteiger partial charge in [0.1, 0.15) is 5.60 Å². The Morgan fingerprint density at radius 1 is 1.26 bits per heavy atom. The number of carbonyl (C=O) groups excluding carboxylic acids is 1. The minimum atomic E-state index is -0.364. The van der Waals surface area contributed by atoms with Crippen molar-refractivity contribution in [2.75, 3.05) is 7.11 Å². The summed E-state index contributed by atoms with van der Waals surface area (Å²) in [5.74, 6) is -0.258. The molecule has 2 unspecified atom stereocenters. The lowest BCUT2D eigenvalue weighted by Crippen LogP contribution is -2.18. The second-order valence-corrected chi connectivity index (χ2v) is 5.74. The maximum Gasteiger partial charge on any atom is 0.338 e. The average Bonchev–Trinajstić information content (AvgIpc) is 3.00. The van der Waals surface area contributed by atoms with Crippen LogP contribution in [0, 0.1) is 0 Å². The zero-order valence-corrected chi connectivity index (χ0v) is 12.8. The molecule has 0 aromatic rings. The van der Waals surface area contributed by atoms with E-state index in [4.69, 9.17) is 4.74 Å². The monoisotopic (exact) mass is 266 g/mol. The SMILES string of the molecule is COC(=O)C1OC1(C)CCC=C(C)CCC=C(C)C. The minimum absolute atomic E-state index is 0.258. The van der Waals surface area contributed by atoms with Gasteiger partial charge >= 0.3 is 5.97 Å². The molecule has 1 fully saturated rings. The molecule has 1 rings (SSSR count). The van der Waals surface area contributed by atoms with Gasteiger partial charge in [0.05, 0.1) is 7.11 Å². The molecule has 1 aliphatic heterocycles. The van der Waals surface area contributed by atoms with E-state index in [-0.39, 0.29) is 17.7 Å². The van der Waals surface area contributed by atoms with E-state index >= 15 is 0 Å². The first-order valence-corrected chi connectivity index (χ1v) is 6.93. The lowest BCUT2D eigenvalue weighted by Gasteiger charge is -2.04. The van der Waals surface area contributed by atoms with Crippen LogP contribution in [0.5, 0.6) is 0 Å². The van der Waals surface area contributed by atoms with Crippen LogP contribution in [-0.2, 0) is 14.3 Å². The third-order valence-electron chi connectivity index (χ3n) is 3.52. The average molecular weight is 266 g/mol. The predicted molar refractivity (Wildman–Crippen MR) is 77.0 cm³/mol. The maximum atomic E-state index is 11.3. The predicted octanol–water partition coefficient (Wildman–Crippen LogP) is 3.79. The zero-order chi connectivity index (χ0) is 14.5. The highest BCUT2D eigenvalue weighted by Gasteiger charge is 2.57. The Kier molecular flexibility index (Phi) is 5.80. The highest BCUT2D eigenvalue weighted by Crippen LogP contribution is 2.41. The summed E-state index contributed by atoms with van der Waals surface area (Å²) in [6.07, 6.45) is 8.16. The van der Waals surface area contributed by atoms with Gasteiger partial charge in [-0.05, 0) is 53.4 Å². The molecule has 0 aromatic carbocycles. The van der Waals surface area contributed by atoms with Crippen LogP contribution >= 0.6 is 0 Å². The number of carbonyl (C=O) groups is 1. The summed E-state index contributed by atoms with van der Waals surface area (Å²) in [5.41, 5.74) is 2.45. The van der Waals surface area contributed by atoms with E-state index < -0.39 is 0 Å². The fourth-order valence-corrected chi connectivity index (χ4v) is 2.13. The molecule has 0 aromatic heterocycles. The third-order valence-corrected chi connectivity index (χ3v) is 3.52. The molecule has 3 nitrogen and oxygen atoms in total. The summed E-state index contributed by atoms with van der Waals surface area (Å²) in [4.78, 5) is 11.3. The molecule has 1 aliphatic rings. The molecule has 2 atom stereocenters. The molecule has 0 spiro atoms. The van der Waals surface area contributed by atoms with E-state index in [0.717, 1.165) is 25.7 Å². The van der Waals surface area contributed by atoms with Crippen LogP contribution in [0.4, 0.5) is 0 Å². The maximum absolute atomic E-state index is 11.3. The van der Waals surface area contributed by atoms with Crippen molar-refractivity contribution < 1.29 is 14.3 Å². The number of esters is 1. The van der Waals surface area contributed by atoms with Crippen LogP contribution in [-0.4, -0.2) is 24.8 Å². The Morgan fingerprint density at radius 3 is 2.53 bits per heavy atom. The molecule has 0 amide bonds. The highest BCUT2D eigenvalue weighted by atomic mass is 16.6. The molecule has 0 radical (unpaired) electrons. The minimum Gasteiger partial charge on any atom is -0.467 e. The van der Waals surface area contributed by atoms with Crippen LogP contribution in [0.2, 0.25) is 0 Å². The second kappa shape index (κ2) is 6.90. The summed E-state index contributed by atoms with van der Waals surface area (Å²) >= 11 is 0. The van der Waals surface area contributed by atoms with Gasteiger partial charge in [0.25, 0.3) is 0 Å². The fraction of sp³-hybridized carbons (Fsp3) is 0.688. The van der Waals surface area contributed by atoms with Gasteiger partial charge in [-0.2, -0.15) is 0 Å². The molecule has 0 aliphatic carbocycles. The molecular weight excluding hydrogens is 240 g/mol. The van der Waals surface area contributed by atoms with Gasteiger partial charge in [-0.3, -0.25) is 0 Å². The number of ether oxygens (including phenoxy) is 2. The first-order chi connectivity index (χ1) is 8.89. The summed E-state index contributed by atoms with van der Waals surface area (Å²) in [5, 5.41) is 0. The van der Waals surface area contributed by atoms with Crippen LogP contribution in [0.25, 0.3) is 0 Å². The van der Waals surface area contributed by atoms with Crippen molar-refractivity contribution in [3.63, 3.8) is 0 Å². The second-order valence-electron chi connectivity index (χ2n) is 5.74. The quantitative estimate of drug-likeness (QED) is 0.400. The van der Waals surface area contributed by atoms with E-state index in [1.807, 2.05) is 6.92 Å². The number of epoxide rings is 1. The Morgan fingerprint density at radius 2 is 1.95 bits per heavy atom. The van der Waals surface area contributed by atoms with Crippen molar-refractivity contribution in [2.24, 2.45) is 0 Å². The molecule has 1 heterocycles. The van der Waals surface area contributed by atoms with Crippen LogP contribution in [0.3, 0.4) is 0 Å².